The number of hydrogen-bond donors (Lipinski definition) is 2. The van der Waals surface area contributed by atoms with Crippen LogP contribution in [0.4, 0.5) is 5.69 Å². The van der Waals surface area contributed by atoms with Crippen molar-refractivity contribution in [1.29, 1.82) is 0 Å². The zero-order chi connectivity index (χ0) is 16.0. The van der Waals surface area contributed by atoms with Crippen molar-refractivity contribution < 1.29 is 14.6 Å². The molecule has 2 N–H and O–H groups in total. The lowest BCUT2D eigenvalue weighted by Crippen LogP contribution is -2.36. The van der Waals surface area contributed by atoms with Gasteiger partial charge in [-0.25, -0.2) is 4.79 Å². The second-order valence-corrected chi connectivity index (χ2v) is 6.32. The highest BCUT2D eigenvalue weighted by atomic mass is 16.5. The fraction of sp³-hybridized carbons (Fsp3) is 0.389. The van der Waals surface area contributed by atoms with E-state index in [1.54, 1.807) is 10.6 Å². The Morgan fingerprint density at radius 1 is 1.35 bits per heavy atom. The highest BCUT2D eigenvalue weighted by Gasteiger charge is 2.42. The number of carbonyl (C=O) groups is 1. The molecule has 3 atom stereocenters. The van der Waals surface area contributed by atoms with Gasteiger partial charge in [-0.05, 0) is 24.5 Å². The third-order valence-electron chi connectivity index (χ3n) is 5.03. The first kappa shape index (κ1) is 14.3. The van der Waals surface area contributed by atoms with Crippen LogP contribution in [0.1, 0.15) is 46.7 Å². The summed E-state index contributed by atoms with van der Waals surface area (Å²) in [5, 5.41) is 13.0. The second-order valence-electron chi connectivity index (χ2n) is 6.32. The van der Waals surface area contributed by atoms with Crippen LogP contribution < -0.4 is 5.32 Å². The summed E-state index contributed by atoms with van der Waals surface area (Å²) in [5.74, 6) is -0.596. The van der Waals surface area contributed by atoms with Gasteiger partial charge >= 0.3 is 5.97 Å². The van der Waals surface area contributed by atoms with Crippen molar-refractivity contribution in [2.24, 2.45) is 13.0 Å². The number of anilines is 1. The van der Waals surface area contributed by atoms with Crippen LogP contribution in [-0.4, -0.2) is 22.2 Å². The summed E-state index contributed by atoms with van der Waals surface area (Å²) in [5.41, 5.74) is 3.35. The zero-order valence-electron chi connectivity index (χ0n) is 13.0. The Bertz CT molecular complexity index is 738. The predicted molar refractivity (Wildman–Crippen MR) is 86.6 cm³/mol. The summed E-state index contributed by atoms with van der Waals surface area (Å²) in [6.45, 7) is 0.732. The molecule has 3 heterocycles. The largest absolute Gasteiger partial charge is 0.477 e. The number of benzene rings is 1. The first-order chi connectivity index (χ1) is 11.2. The average molecular weight is 312 g/mol. The molecule has 5 heteroatoms. The fourth-order valence-corrected chi connectivity index (χ4v) is 3.98. The molecule has 2 aliphatic rings. The van der Waals surface area contributed by atoms with Crippen molar-refractivity contribution in [2.75, 3.05) is 11.9 Å². The summed E-state index contributed by atoms with van der Waals surface area (Å²) < 4.78 is 7.84. The molecule has 2 aliphatic heterocycles. The molecular weight excluding hydrogens is 292 g/mol. The third-order valence-corrected chi connectivity index (χ3v) is 5.03. The number of hydrogen-bond acceptors (Lipinski definition) is 3. The molecule has 1 saturated heterocycles. The summed E-state index contributed by atoms with van der Waals surface area (Å²) in [6, 6.07) is 12.2. The number of ether oxygens (including phenoxy) is 1. The van der Waals surface area contributed by atoms with E-state index in [2.05, 4.69) is 17.4 Å². The molecule has 1 aromatic carbocycles. The van der Waals surface area contributed by atoms with E-state index in [4.69, 9.17) is 4.74 Å². The maximum absolute atomic E-state index is 11.5. The van der Waals surface area contributed by atoms with Crippen molar-refractivity contribution in [3.05, 3.63) is 53.3 Å². The molecule has 0 aliphatic carbocycles. The molecule has 0 spiro atoms. The number of rotatable bonds is 2. The van der Waals surface area contributed by atoms with Gasteiger partial charge in [0.2, 0.25) is 0 Å². The van der Waals surface area contributed by atoms with E-state index in [1.165, 1.54) is 5.56 Å². The predicted octanol–water partition coefficient (Wildman–Crippen LogP) is 3.36. The van der Waals surface area contributed by atoms with Gasteiger partial charge in [-0.1, -0.05) is 30.3 Å². The number of fused-ring (bicyclic) bond motifs is 3. The van der Waals surface area contributed by atoms with E-state index in [-0.39, 0.29) is 12.1 Å². The third kappa shape index (κ3) is 2.23. The van der Waals surface area contributed by atoms with Gasteiger partial charge in [0.15, 0.2) is 0 Å². The Labute approximate surface area is 134 Å². The Hall–Kier alpha value is -2.27. The molecular formula is C18H20N2O3. The molecule has 4 rings (SSSR count). The van der Waals surface area contributed by atoms with E-state index < -0.39 is 5.97 Å². The van der Waals surface area contributed by atoms with Crippen molar-refractivity contribution in [2.45, 2.75) is 25.0 Å². The fourth-order valence-electron chi connectivity index (χ4n) is 3.98. The first-order valence-corrected chi connectivity index (χ1v) is 8.03. The summed E-state index contributed by atoms with van der Waals surface area (Å²) in [6.07, 6.45) is 2.06. The molecule has 120 valence electrons. The standard InChI is InChI=1S/C18H20N2O3/c1-20-14(18(21)22)10-13-16(20)17-12(8-5-9-23-17)15(19-13)11-6-3-2-4-7-11/h2-4,6-7,10,12,15,17,19H,5,8-9H2,1H3,(H,21,22). The SMILES string of the molecule is Cn1c(C(=O)O)cc2c1C1OCCCC1C(c1ccccc1)N2. The molecule has 0 radical (unpaired) electrons. The van der Waals surface area contributed by atoms with Crippen LogP contribution in [0, 0.1) is 5.92 Å². The second kappa shape index (κ2) is 5.42. The molecule has 5 nitrogen and oxygen atoms in total. The lowest BCUT2D eigenvalue weighted by Gasteiger charge is -2.42. The van der Waals surface area contributed by atoms with E-state index in [0.717, 1.165) is 30.8 Å². The van der Waals surface area contributed by atoms with Crippen LogP contribution in [-0.2, 0) is 11.8 Å². The van der Waals surface area contributed by atoms with Crippen LogP contribution in [0.25, 0.3) is 0 Å². The Morgan fingerprint density at radius 2 is 2.13 bits per heavy atom. The number of nitrogens with zero attached hydrogens (tertiary/aromatic N) is 1. The molecule has 2 aromatic rings. The molecule has 1 aromatic heterocycles. The monoisotopic (exact) mass is 312 g/mol. The molecule has 0 amide bonds. The number of aromatic nitrogens is 1. The quantitative estimate of drug-likeness (QED) is 0.892. The molecule has 1 fully saturated rings. The van der Waals surface area contributed by atoms with Gasteiger partial charge in [0.05, 0.1) is 17.4 Å². The van der Waals surface area contributed by atoms with Gasteiger partial charge in [0.1, 0.15) is 11.8 Å². The Morgan fingerprint density at radius 3 is 2.87 bits per heavy atom. The summed E-state index contributed by atoms with van der Waals surface area (Å²) in [4.78, 5) is 11.5. The van der Waals surface area contributed by atoms with Gasteiger partial charge in [-0.3, -0.25) is 0 Å². The lowest BCUT2D eigenvalue weighted by atomic mass is 9.79. The Kier molecular flexibility index (Phi) is 3.38. The zero-order valence-corrected chi connectivity index (χ0v) is 13.0. The van der Waals surface area contributed by atoms with Crippen LogP contribution in [0.3, 0.4) is 0 Å². The maximum atomic E-state index is 11.5. The number of carboxylic acids is 1. The average Bonchev–Trinajstić information content (AvgIpc) is 2.92. The Balaban J connectivity index is 1.82. The van der Waals surface area contributed by atoms with Crippen LogP contribution >= 0.6 is 0 Å². The number of nitrogens with one attached hydrogen (secondary N) is 1. The molecule has 3 unspecified atom stereocenters. The van der Waals surface area contributed by atoms with Crippen molar-refractivity contribution in [3.8, 4) is 0 Å². The normalized spacial score (nSPS) is 26.0. The summed E-state index contributed by atoms with van der Waals surface area (Å²) in [7, 11) is 1.81. The van der Waals surface area contributed by atoms with Crippen LogP contribution in [0.15, 0.2) is 36.4 Å². The summed E-state index contributed by atoms with van der Waals surface area (Å²) >= 11 is 0. The van der Waals surface area contributed by atoms with Crippen molar-refractivity contribution >= 4 is 11.7 Å². The van der Waals surface area contributed by atoms with Crippen molar-refractivity contribution in [3.63, 3.8) is 0 Å². The minimum atomic E-state index is -0.910. The highest BCUT2D eigenvalue weighted by Crippen LogP contribution is 2.49. The minimum Gasteiger partial charge on any atom is -0.477 e. The maximum Gasteiger partial charge on any atom is 0.352 e. The van der Waals surface area contributed by atoms with E-state index in [1.807, 2.05) is 25.2 Å². The van der Waals surface area contributed by atoms with Crippen LogP contribution in [0.5, 0.6) is 0 Å². The van der Waals surface area contributed by atoms with E-state index in [9.17, 15) is 9.90 Å². The van der Waals surface area contributed by atoms with E-state index in [0.29, 0.717) is 11.6 Å². The van der Waals surface area contributed by atoms with E-state index >= 15 is 0 Å². The van der Waals surface area contributed by atoms with Gasteiger partial charge in [0.25, 0.3) is 0 Å². The smallest absolute Gasteiger partial charge is 0.352 e. The van der Waals surface area contributed by atoms with Gasteiger partial charge in [-0.15, -0.1) is 0 Å². The molecule has 0 bridgehead atoms. The highest BCUT2D eigenvalue weighted by molar-refractivity contribution is 5.88. The topological polar surface area (TPSA) is 63.5 Å². The lowest BCUT2D eigenvalue weighted by molar-refractivity contribution is -0.0421. The van der Waals surface area contributed by atoms with Crippen LogP contribution in [0.2, 0.25) is 0 Å². The van der Waals surface area contributed by atoms with Crippen molar-refractivity contribution in [1.82, 2.24) is 4.57 Å². The van der Waals surface area contributed by atoms with Gasteiger partial charge in [-0.2, -0.15) is 0 Å². The van der Waals surface area contributed by atoms with Gasteiger partial charge in [0, 0.05) is 19.6 Å². The number of aromatic carboxylic acids is 1. The number of carboxylic acid groups (broad SMARTS) is 1. The minimum absolute atomic E-state index is 0.0525. The van der Waals surface area contributed by atoms with Gasteiger partial charge < -0.3 is 19.7 Å². The first-order valence-electron chi connectivity index (χ1n) is 8.03. The molecule has 0 saturated carbocycles. The molecule has 23 heavy (non-hydrogen) atoms.